The lowest BCUT2D eigenvalue weighted by atomic mass is 9.86. The highest BCUT2D eigenvalue weighted by atomic mass is 16.7. The van der Waals surface area contributed by atoms with E-state index in [1.807, 2.05) is 0 Å². The highest BCUT2D eigenvalue weighted by molar-refractivity contribution is 5.86. The molecule has 0 amide bonds. The van der Waals surface area contributed by atoms with Gasteiger partial charge in [-0.15, -0.1) is 0 Å². The largest absolute Gasteiger partial charge is 0.479 e. The predicted molar refractivity (Wildman–Crippen MR) is 128 cm³/mol. The number of ketones is 1. The van der Waals surface area contributed by atoms with Gasteiger partial charge in [0.15, 0.2) is 11.9 Å². The van der Waals surface area contributed by atoms with Crippen LogP contribution in [0.1, 0.15) is 104 Å². The molecular formula is C25H47NO8. The van der Waals surface area contributed by atoms with Crippen LogP contribution in [-0.2, 0) is 19.1 Å². The van der Waals surface area contributed by atoms with Crippen LogP contribution in [0.15, 0.2) is 0 Å². The third-order valence-corrected chi connectivity index (χ3v) is 6.65. The Balaban J connectivity index is 2.37. The number of nitrogens with two attached hydrogens (primary N) is 1. The number of ether oxygens (including phenoxy) is 2. The van der Waals surface area contributed by atoms with E-state index in [0.29, 0.717) is 6.42 Å². The van der Waals surface area contributed by atoms with Crippen molar-refractivity contribution >= 4 is 11.8 Å². The van der Waals surface area contributed by atoms with E-state index in [1.165, 1.54) is 64.7 Å². The molecule has 1 saturated heterocycles. The molecule has 0 saturated carbocycles. The van der Waals surface area contributed by atoms with E-state index in [0.717, 1.165) is 19.3 Å². The number of hydrogen-bond donors (Lipinski definition) is 5. The van der Waals surface area contributed by atoms with Gasteiger partial charge in [0.2, 0.25) is 5.79 Å². The first-order valence-electron chi connectivity index (χ1n) is 13.0. The third kappa shape index (κ3) is 9.87. The number of unbranched alkanes of at least 4 members (excludes halogenated alkanes) is 12. The number of carbonyl (C=O) groups excluding carboxylic acids is 1. The first kappa shape index (κ1) is 30.9. The van der Waals surface area contributed by atoms with Gasteiger partial charge in [-0.2, -0.15) is 0 Å². The molecule has 1 aliphatic heterocycles. The average Bonchev–Trinajstić information content (AvgIpc) is 2.81. The monoisotopic (exact) mass is 489 g/mol. The van der Waals surface area contributed by atoms with Gasteiger partial charge in [0.25, 0.3) is 0 Å². The molecular weight excluding hydrogens is 442 g/mol. The molecule has 0 spiro atoms. The zero-order valence-electron chi connectivity index (χ0n) is 21.0. The quantitative estimate of drug-likeness (QED) is 0.172. The predicted octanol–water partition coefficient (Wildman–Crippen LogP) is 2.66. The second-order valence-electron chi connectivity index (χ2n) is 9.55. The van der Waals surface area contributed by atoms with Crippen molar-refractivity contribution in [2.24, 2.45) is 5.73 Å². The molecule has 1 heterocycles. The van der Waals surface area contributed by atoms with Gasteiger partial charge < -0.3 is 35.6 Å². The lowest BCUT2D eigenvalue weighted by Crippen LogP contribution is -2.72. The van der Waals surface area contributed by atoms with Gasteiger partial charge in [-0.05, 0) is 13.3 Å². The normalized spacial score (nSPS) is 28.1. The SMILES string of the molecule is CCCCCCCCCCCCCCCC(=O)C1(O)O[C@H](CO)[C@@H](O)[C@H](O[C@H](C)C(=O)O)[C@H]1N. The van der Waals surface area contributed by atoms with Crippen molar-refractivity contribution in [1.82, 2.24) is 0 Å². The highest BCUT2D eigenvalue weighted by Gasteiger charge is 2.56. The summed E-state index contributed by atoms with van der Waals surface area (Å²) in [6, 6.07) is -1.50. The first-order chi connectivity index (χ1) is 16.2. The van der Waals surface area contributed by atoms with Crippen molar-refractivity contribution in [3.8, 4) is 0 Å². The number of carbonyl (C=O) groups is 2. The van der Waals surface area contributed by atoms with Crippen molar-refractivity contribution in [3.05, 3.63) is 0 Å². The van der Waals surface area contributed by atoms with E-state index in [-0.39, 0.29) is 6.42 Å². The lowest BCUT2D eigenvalue weighted by molar-refractivity contribution is -0.306. The van der Waals surface area contributed by atoms with Gasteiger partial charge in [-0.3, -0.25) is 4.79 Å². The Morgan fingerprint density at radius 1 is 0.971 bits per heavy atom. The van der Waals surface area contributed by atoms with Crippen molar-refractivity contribution in [2.45, 2.75) is 140 Å². The van der Waals surface area contributed by atoms with Crippen LogP contribution in [-0.4, -0.2) is 75.0 Å². The average molecular weight is 490 g/mol. The topological polar surface area (TPSA) is 160 Å². The molecule has 1 rings (SSSR count). The number of rotatable bonds is 19. The van der Waals surface area contributed by atoms with E-state index < -0.39 is 54.6 Å². The summed E-state index contributed by atoms with van der Waals surface area (Å²) in [6.45, 7) is 2.78. The fourth-order valence-corrected chi connectivity index (χ4v) is 4.36. The van der Waals surface area contributed by atoms with Crippen LogP contribution in [0.3, 0.4) is 0 Å². The van der Waals surface area contributed by atoms with Gasteiger partial charge in [0, 0.05) is 6.42 Å². The van der Waals surface area contributed by atoms with Gasteiger partial charge in [0.05, 0.1) is 12.6 Å². The smallest absolute Gasteiger partial charge is 0.332 e. The Morgan fingerprint density at radius 3 is 1.88 bits per heavy atom. The Morgan fingerprint density at radius 2 is 1.44 bits per heavy atom. The minimum atomic E-state index is -2.47. The van der Waals surface area contributed by atoms with Gasteiger partial charge >= 0.3 is 5.97 Å². The Kier molecular flexibility index (Phi) is 15.1. The summed E-state index contributed by atoms with van der Waals surface area (Å²) >= 11 is 0. The zero-order chi connectivity index (χ0) is 25.6. The standard InChI is InChI=1S/C25H47NO8/c1-3-4-5-6-7-8-9-10-11-12-13-14-15-16-20(28)25(32)23(26)22(33-18(2)24(30)31)21(29)19(17-27)34-25/h18-19,21-23,27,29,32H,3-17,26H2,1-2H3,(H,30,31)/t18-,19-,21-,22+,23-,25?/m1/s1. The lowest BCUT2D eigenvalue weighted by Gasteiger charge is -2.47. The second-order valence-corrected chi connectivity index (χ2v) is 9.55. The van der Waals surface area contributed by atoms with Crippen LogP contribution in [0.2, 0.25) is 0 Å². The van der Waals surface area contributed by atoms with E-state index >= 15 is 0 Å². The molecule has 0 aromatic heterocycles. The summed E-state index contributed by atoms with van der Waals surface area (Å²) in [5, 5.41) is 39.8. The molecule has 1 fully saturated rings. The van der Waals surface area contributed by atoms with Crippen LogP contribution in [0.5, 0.6) is 0 Å². The van der Waals surface area contributed by atoms with Crippen molar-refractivity contribution < 1.29 is 39.5 Å². The number of aliphatic carboxylic acids is 1. The maximum Gasteiger partial charge on any atom is 0.332 e. The van der Waals surface area contributed by atoms with Gasteiger partial charge in [0.1, 0.15) is 18.3 Å². The van der Waals surface area contributed by atoms with Gasteiger partial charge in [-0.25, -0.2) is 4.79 Å². The van der Waals surface area contributed by atoms with Crippen LogP contribution in [0, 0.1) is 0 Å². The molecule has 0 aromatic rings. The zero-order valence-corrected chi connectivity index (χ0v) is 21.0. The number of hydrogen-bond acceptors (Lipinski definition) is 8. The van der Waals surface area contributed by atoms with Crippen molar-refractivity contribution in [2.75, 3.05) is 6.61 Å². The van der Waals surface area contributed by atoms with Gasteiger partial charge in [-0.1, -0.05) is 84.0 Å². The summed E-state index contributed by atoms with van der Waals surface area (Å²) in [4.78, 5) is 23.9. The molecule has 200 valence electrons. The Hall–Kier alpha value is -1.10. The first-order valence-corrected chi connectivity index (χ1v) is 13.0. The number of carboxylic acids is 1. The van der Waals surface area contributed by atoms with E-state index in [4.69, 9.17) is 20.3 Å². The second kappa shape index (κ2) is 16.5. The minimum absolute atomic E-state index is 0.0252. The summed E-state index contributed by atoms with van der Waals surface area (Å²) in [7, 11) is 0. The van der Waals surface area contributed by atoms with E-state index in [9.17, 15) is 24.9 Å². The summed E-state index contributed by atoms with van der Waals surface area (Å²) < 4.78 is 10.6. The third-order valence-electron chi connectivity index (χ3n) is 6.65. The molecule has 0 radical (unpaired) electrons. The Bertz CT molecular complexity index is 589. The maximum atomic E-state index is 12.8. The number of Topliss-reactive ketones (excluding diaryl/α,β-unsaturated/α-hetero) is 1. The van der Waals surface area contributed by atoms with E-state index in [1.54, 1.807) is 0 Å². The fourth-order valence-electron chi connectivity index (χ4n) is 4.36. The van der Waals surface area contributed by atoms with Crippen LogP contribution >= 0.6 is 0 Å². The van der Waals surface area contributed by atoms with Crippen LogP contribution < -0.4 is 5.73 Å². The minimum Gasteiger partial charge on any atom is -0.479 e. The number of carboxylic acid groups (broad SMARTS) is 1. The highest BCUT2D eigenvalue weighted by Crippen LogP contribution is 2.31. The molecule has 0 aliphatic carbocycles. The molecule has 0 bridgehead atoms. The van der Waals surface area contributed by atoms with Crippen LogP contribution in [0.4, 0.5) is 0 Å². The fraction of sp³-hybridized carbons (Fsp3) is 0.920. The van der Waals surface area contributed by atoms with E-state index in [2.05, 4.69) is 6.92 Å². The number of aliphatic hydroxyl groups excluding tert-OH is 2. The molecule has 1 aliphatic rings. The van der Waals surface area contributed by atoms with Crippen molar-refractivity contribution in [1.29, 1.82) is 0 Å². The molecule has 0 aromatic carbocycles. The molecule has 6 atom stereocenters. The summed E-state index contributed by atoms with van der Waals surface area (Å²) in [5.74, 6) is -4.41. The van der Waals surface area contributed by atoms with Crippen LogP contribution in [0.25, 0.3) is 0 Å². The summed E-state index contributed by atoms with van der Waals surface area (Å²) in [5.41, 5.74) is 6.00. The molecule has 1 unspecified atom stereocenters. The summed E-state index contributed by atoms with van der Waals surface area (Å²) in [6.07, 6.45) is 9.56. The maximum absolute atomic E-state index is 12.8. The van der Waals surface area contributed by atoms with Crippen molar-refractivity contribution in [3.63, 3.8) is 0 Å². The Labute approximate surface area is 204 Å². The molecule has 9 nitrogen and oxygen atoms in total. The molecule has 6 N–H and O–H groups in total. The molecule has 34 heavy (non-hydrogen) atoms. The number of aliphatic hydroxyl groups is 3. The molecule has 9 heteroatoms.